The molecule has 3 amide bonds. The van der Waals surface area contributed by atoms with E-state index in [4.69, 9.17) is 4.74 Å². The van der Waals surface area contributed by atoms with E-state index in [1.54, 1.807) is 33.8 Å². The van der Waals surface area contributed by atoms with Crippen molar-refractivity contribution in [2.24, 2.45) is 0 Å². The van der Waals surface area contributed by atoms with Gasteiger partial charge >= 0.3 is 0 Å². The van der Waals surface area contributed by atoms with Gasteiger partial charge in [0.05, 0.1) is 5.69 Å². The van der Waals surface area contributed by atoms with E-state index in [0.29, 0.717) is 49.7 Å². The highest BCUT2D eigenvalue weighted by molar-refractivity contribution is 6.00. The van der Waals surface area contributed by atoms with Gasteiger partial charge in [-0.05, 0) is 31.2 Å². The molecule has 4 rings (SSSR count). The molecule has 7 heteroatoms. The van der Waals surface area contributed by atoms with E-state index in [1.807, 2.05) is 42.5 Å². The van der Waals surface area contributed by atoms with E-state index in [-0.39, 0.29) is 24.1 Å². The third kappa shape index (κ3) is 4.01. The Labute approximate surface area is 175 Å². The summed E-state index contributed by atoms with van der Waals surface area (Å²) in [5.74, 6) is 0.503. The third-order valence-corrected chi connectivity index (χ3v) is 5.56. The van der Waals surface area contributed by atoms with Crippen LogP contribution in [0.15, 0.2) is 54.6 Å². The van der Waals surface area contributed by atoms with Crippen LogP contribution in [0.25, 0.3) is 0 Å². The quantitative estimate of drug-likeness (QED) is 0.779. The first-order chi connectivity index (χ1) is 14.5. The van der Waals surface area contributed by atoms with Gasteiger partial charge in [0.2, 0.25) is 5.91 Å². The molecule has 0 N–H and O–H groups in total. The fourth-order valence-electron chi connectivity index (χ4n) is 3.88. The summed E-state index contributed by atoms with van der Waals surface area (Å²) in [6.45, 7) is 4.05. The van der Waals surface area contributed by atoms with E-state index in [0.717, 1.165) is 0 Å². The number of para-hydroxylation sites is 2. The van der Waals surface area contributed by atoms with Crippen LogP contribution in [-0.2, 0) is 9.59 Å². The maximum Gasteiger partial charge on any atom is 0.267 e. The molecule has 156 valence electrons. The summed E-state index contributed by atoms with van der Waals surface area (Å²) in [5.41, 5.74) is 1.36. The number of anilines is 1. The zero-order valence-electron chi connectivity index (χ0n) is 17.0. The number of hydrogen-bond donors (Lipinski definition) is 0. The Kier molecular flexibility index (Phi) is 5.70. The third-order valence-electron chi connectivity index (χ3n) is 5.56. The van der Waals surface area contributed by atoms with Gasteiger partial charge < -0.3 is 19.4 Å². The minimum atomic E-state index is -0.567. The van der Waals surface area contributed by atoms with Crippen LogP contribution < -0.4 is 9.64 Å². The summed E-state index contributed by atoms with van der Waals surface area (Å²) in [5, 5.41) is 0. The van der Waals surface area contributed by atoms with E-state index in [2.05, 4.69) is 0 Å². The van der Waals surface area contributed by atoms with Crippen molar-refractivity contribution in [3.63, 3.8) is 0 Å². The molecule has 30 heavy (non-hydrogen) atoms. The first kappa shape index (κ1) is 19.9. The molecule has 2 aromatic carbocycles. The molecule has 0 unspecified atom stereocenters. The summed E-state index contributed by atoms with van der Waals surface area (Å²) in [6.07, 6.45) is -0.332. The standard InChI is InChI=1S/C23H25N3O4/c1-17-22(28)26(19-9-5-6-10-20(19)30-17)12-11-21(27)24-13-15-25(16-14-24)23(29)18-7-3-2-4-8-18/h2-10,17H,11-16H2,1H3/t17-/m0/s1. The first-order valence-electron chi connectivity index (χ1n) is 10.2. The molecule has 1 fully saturated rings. The molecule has 1 atom stereocenters. The fraction of sp³-hybridized carbons (Fsp3) is 0.348. The zero-order valence-corrected chi connectivity index (χ0v) is 17.0. The summed E-state index contributed by atoms with van der Waals surface area (Å²) < 4.78 is 5.64. The monoisotopic (exact) mass is 407 g/mol. The number of rotatable bonds is 4. The molecule has 1 saturated heterocycles. The van der Waals surface area contributed by atoms with Crippen molar-refractivity contribution in [2.45, 2.75) is 19.4 Å². The van der Waals surface area contributed by atoms with Crippen molar-refractivity contribution in [3.8, 4) is 5.75 Å². The molecular weight excluding hydrogens is 382 g/mol. The van der Waals surface area contributed by atoms with Crippen molar-refractivity contribution in [1.82, 2.24) is 9.80 Å². The second-order valence-electron chi connectivity index (χ2n) is 7.51. The maximum absolute atomic E-state index is 12.7. The zero-order chi connectivity index (χ0) is 21.1. The molecule has 0 radical (unpaired) electrons. The van der Waals surface area contributed by atoms with Gasteiger partial charge in [0, 0.05) is 44.7 Å². The van der Waals surface area contributed by atoms with Crippen LogP contribution in [0, 0.1) is 0 Å². The van der Waals surface area contributed by atoms with Crippen LogP contribution in [0.4, 0.5) is 5.69 Å². The van der Waals surface area contributed by atoms with E-state index < -0.39 is 6.10 Å². The summed E-state index contributed by atoms with van der Waals surface area (Å²) >= 11 is 0. The molecule has 0 aliphatic carbocycles. The molecule has 2 aliphatic heterocycles. The number of benzene rings is 2. The average Bonchev–Trinajstić information content (AvgIpc) is 2.79. The van der Waals surface area contributed by atoms with E-state index in [9.17, 15) is 14.4 Å². The topological polar surface area (TPSA) is 70.2 Å². The second-order valence-corrected chi connectivity index (χ2v) is 7.51. The van der Waals surface area contributed by atoms with Crippen LogP contribution in [0.3, 0.4) is 0 Å². The van der Waals surface area contributed by atoms with E-state index in [1.165, 1.54) is 0 Å². The molecule has 0 saturated carbocycles. The lowest BCUT2D eigenvalue weighted by molar-refractivity contribution is -0.132. The Balaban J connectivity index is 1.32. The fourth-order valence-corrected chi connectivity index (χ4v) is 3.88. The maximum atomic E-state index is 12.7. The van der Waals surface area contributed by atoms with Crippen LogP contribution in [0.5, 0.6) is 5.75 Å². The molecule has 0 bridgehead atoms. The number of piperazine rings is 1. The van der Waals surface area contributed by atoms with Crippen LogP contribution >= 0.6 is 0 Å². The van der Waals surface area contributed by atoms with Gasteiger partial charge in [0.1, 0.15) is 5.75 Å². The normalized spacial score (nSPS) is 18.6. The highest BCUT2D eigenvalue weighted by atomic mass is 16.5. The molecule has 2 heterocycles. The van der Waals surface area contributed by atoms with Crippen LogP contribution in [0.2, 0.25) is 0 Å². The van der Waals surface area contributed by atoms with Crippen molar-refractivity contribution < 1.29 is 19.1 Å². The Morgan fingerprint density at radius 1 is 0.933 bits per heavy atom. The van der Waals surface area contributed by atoms with Crippen LogP contribution in [-0.4, -0.2) is 66.3 Å². The van der Waals surface area contributed by atoms with Crippen molar-refractivity contribution >= 4 is 23.4 Å². The minimum absolute atomic E-state index is 0.00722. The summed E-state index contributed by atoms with van der Waals surface area (Å²) in [7, 11) is 0. The van der Waals surface area contributed by atoms with Crippen molar-refractivity contribution in [1.29, 1.82) is 0 Å². The van der Waals surface area contributed by atoms with E-state index >= 15 is 0 Å². The largest absolute Gasteiger partial charge is 0.479 e. The Morgan fingerprint density at radius 3 is 2.30 bits per heavy atom. The smallest absolute Gasteiger partial charge is 0.267 e. The Morgan fingerprint density at radius 2 is 1.57 bits per heavy atom. The summed E-state index contributed by atoms with van der Waals surface area (Å²) in [6, 6.07) is 16.6. The minimum Gasteiger partial charge on any atom is -0.479 e. The molecule has 2 aliphatic rings. The number of nitrogens with zero attached hydrogens (tertiary/aromatic N) is 3. The number of carbonyl (C=O) groups excluding carboxylic acids is 3. The van der Waals surface area contributed by atoms with Crippen molar-refractivity contribution in [2.75, 3.05) is 37.6 Å². The molecule has 0 aromatic heterocycles. The Bertz CT molecular complexity index is 938. The lowest BCUT2D eigenvalue weighted by atomic mass is 10.1. The van der Waals surface area contributed by atoms with Crippen molar-refractivity contribution in [3.05, 3.63) is 60.2 Å². The Hall–Kier alpha value is -3.35. The van der Waals surface area contributed by atoms with Gasteiger partial charge in [-0.3, -0.25) is 14.4 Å². The van der Waals surface area contributed by atoms with Gasteiger partial charge in [0.15, 0.2) is 6.10 Å². The number of hydrogen-bond acceptors (Lipinski definition) is 4. The van der Waals surface area contributed by atoms with Gasteiger partial charge in [-0.2, -0.15) is 0 Å². The highest BCUT2D eigenvalue weighted by Crippen LogP contribution is 2.33. The highest BCUT2D eigenvalue weighted by Gasteiger charge is 2.32. The predicted molar refractivity (Wildman–Crippen MR) is 112 cm³/mol. The summed E-state index contributed by atoms with van der Waals surface area (Å²) in [4.78, 5) is 43.0. The molecule has 2 aromatic rings. The van der Waals surface area contributed by atoms with Gasteiger partial charge in [-0.1, -0.05) is 30.3 Å². The van der Waals surface area contributed by atoms with Gasteiger partial charge in [-0.25, -0.2) is 0 Å². The lowest BCUT2D eigenvalue weighted by Crippen LogP contribution is -2.51. The average molecular weight is 407 g/mol. The van der Waals surface area contributed by atoms with Gasteiger partial charge in [-0.15, -0.1) is 0 Å². The molecule has 7 nitrogen and oxygen atoms in total. The van der Waals surface area contributed by atoms with Gasteiger partial charge in [0.25, 0.3) is 11.8 Å². The number of amides is 3. The number of carbonyl (C=O) groups is 3. The lowest BCUT2D eigenvalue weighted by Gasteiger charge is -2.36. The SMILES string of the molecule is C[C@@H]1Oc2ccccc2N(CCC(=O)N2CCN(C(=O)c3ccccc3)CC2)C1=O. The molecular formula is C23H25N3O4. The molecule has 0 spiro atoms. The first-order valence-corrected chi connectivity index (χ1v) is 10.2. The second kappa shape index (κ2) is 8.57. The van der Waals surface area contributed by atoms with Crippen LogP contribution in [0.1, 0.15) is 23.7 Å². The number of ether oxygens (including phenoxy) is 1. The predicted octanol–water partition coefficient (Wildman–Crippen LogP) is 2.18. The number of fused-ring (bicyclic) bond motifs is 1.